The Morgan fingerprint density at radius 3 is 1.90 bits per heavy atom. The number of ether oxygens (including phenoxy) is 3. The number of aliphatic hydroxyl groups excluding tert-OH is 6. The van der Waals surface area contributed by atoms with Crippen LogP contribution in [0.2, 0.25) is 0 Å². The van der Waals surface area contributed by atoms with Crippen LogP contribution in [0.15, 0.2) is 0 Å². The van der Waals surface area contributed by atoms with Gasteiger partial charge in [-0.1, -0.05) is 0 Å². The van der Waals surface area contributed by atoms with Crippen LogP contribution in [-0.4, -0.2) is 117 Å². The van der Waals surface area contributed by atoms with Crippen LogP contribution in [-0.2, 0) is 23.8 Å². The van der Waals surface area contributed by atoms with Gasteiger partial charge in [0, 0.05) is 13.8 Å². The highest BCUT2D eigenvalue weighted by atomic mass is 16.7. The van der Waals surface area contributed by atoms with Gasteiger partial charge in [-0.15, -0.1) is 0 Å². The Kier molecular flexibility index (Phi) is 8.28. The molecule has 2 rings (SSSR count). The molecule has 0 saturated carbocycles. The lowest BCUT2D eigenvalue weighted by atomic mass is 9.96. The Hall–Kier alpha value is -1.42. The summed E-state index contributed by atoms with van der Waals surface area (Å²) in [5.74, 6) is -1.09. The zero-order valence-electron chi connectivity index (χ0n) is 15.9. The first kappa shape index (κ1) is 23.9. The van der Waals surface area contributed by atoms with Gasteiger partial charge in [0.15, 0.2) is 12.6 Å². The third-order valence-electron chi connectivity index (χ3n) is 4.77. The molecule has 13 nitrogen and oxygen atoms in total. The van der Waals surface area contributed by atoms with Crippen LogP contribution >= 0.6 is 0 Å². The van der Waals surface area contributed by atoms with E-state index in [-0.39, 0.29) is 0 Å². The molecule has 2 saturated heterocycles. The summed E-state index contributed by atoms with van der Waals surface area (Å²) < 4.78 is 16.0. The van der Waals surface area contributed by atoms with Gasteiger partial charge >= 0.3 is 0 Å². The van der Waals surface area contributed by atoms with Gasteiger partial charge in [0.1, 0.15) is 48.7 Å². The standard InChI is InChI=1S/C16H28N2O11/c1-5(20)17-9-13(24)12(23)8(28-15(9)26)4-27-16-10(18-6(2)21)14(25)11(22)7(3-19)29-16/h7-16,19,22-26H,3-4H2,1-2H3,(H,17,20)(H,18,21)/t7-,8-,9-,10-,11-,12-,13-,14-,15+,16-/m1/s1. The van der Waals surface area contributed by atoms with Gasteiger partial charge in [-0.2, -0.15) is 0 Å². The van der Waals surface area contributed by atoms with Gasteiger partial charge in [-0.05, 0) is 0 Å². The van der Waals surface area contributed by atoms with E-state index in [4.69, 9.17) is 14.2 Å². The summed E-state index contributed by atoms with van der Waals surface area (Å²) in [6.07, 6.45) is -11.5. The fourth-order valence-corrected chi connectivity index (χ4v) is 3.28. The molecule has 29 heavy (non-hydrogen) atoms. The first-order valence-electron chi connectivity index (χ1n) is 9.04. The highest BCUT2D eigenvalue weighted by Crippen LogP contribution is 2.25. The monoisotopic (exact) mass is 424 g/mol. The molecule has 0 bridgehead atoms. The van der Waals surface area contributed by atoms with Crippen LogP contribution < -0.4 is 10.6 Å². The Morgan fingerprint density at radius 2 is 1.34 bits per heavy atom. The fourth-order valence-electron chi connectivity index (χ4n) is 3.28. The summed E-state index contributed by atoms with van der Waals surface area (Å²) in [4.78, 5) is 22.6. The van der Waals surface area contributed by atoms with Crippen molar-refractivity contribution in [2.45, 2.75) is 75.1 Å². The third-order valence-corrected chi connectivity index (χ3v) is 4.77. The van der Waals surface area contributed by atoms with E-state index < -0.39 is 86.3 Å². The minimum Gasteiger partial charge on any atom is -0.394 e. The van der Waals surface area contributed by atoms with E-state index in [1.54, 1.807) is 0 Å². The van der Waals surface area contributed by atoms with Crippen LogP contribution in [0.5, 0.6) is 0 Å². The molecule has 2 amide bonds. The van der Waals surface area contributed by atoms with Crippen molar-refractivity contribution in [3.63, 3.8) is 0 Å². The molecule has 0 spiro atoms. The number of hydrogen-bond acceptors (Lipinski definition) is 11. The lowest BCUT2D eigenvalue weighted by Gasteiger charge is -2.44. The number of rotatable bonds is 6. The number of carbonyl (C=O) groups is 2. The second-order valence-corrected chi connectivity index (χ2v) is 7.04. The van der Waals surface area contributed by atoms with Gasteiger partial charge in [0.2, 0.25) is 11.8 Å². The molecule has 0 radical (unpaired) electrons. The van der Waals surface area contributed by atoms with E-state index in [9.17, 15) is 40.2 Å². The maximum absolute atomic E-state index is 11.4. The molecule has 168 valence electrons. The average Bonchev–Trinajstić information content (AvgIpc) is 2.65. The van der Waals surface area contributed by atoms with E-state index >= 15 is 0 Å². The summed E-state index contributed by atoms with van der Waals surface area (Å²) in [6, 6.07) is -2.46. The summed E-state index contributed by atoms with van der Waals surface area (Å²) in [5, 5.41) is 64.4. The zero-order chi connectivity index (χ0) is 21.9. The molecule has 8 N–H and O–H groups in total. The number of amides is 2. The Bertz CT molecular complexity index is 579. The molecule has 0 aromatic carbocycles. The van der Waals surface area contributed by atoms with Crippen molar-refractivity contribution in [3.8, 4) is 0 Å². The quantitative estimate of drug-likeness (QED) is 0.202. The zero-order valence-corrected chi connectivity index (χ0v) is 15.9. The number of aliphatic hydroxyl groups is 6. The second-order valence-electron chi connectivity index (χ2n) is 7.04. The molecule has 10 atom stereocenters. The predicted octanol–water partition coefficient (Wildman–Crippen LogP) is -5.11. The normalized spacial score (nSPS) is 42.9. The minimum atomic E-state index is -1.64. The van der Waals surface area contributed by atoms with Gasteiger partial charge in [0.25, 0.3) is 0 Å². The van der Waals surface area contributed by atoms with Crippen molar-refractivity contribution < 1.29 is 54.4 Å². The number of hydrogen-bond donors (Lipinski definition) is 8. The largest absolute Gasteiger partial charge is 0.394 e. The van der Waals surface area contributed by atoms with Crippen LogP contribution in [0, 0.1) is 0 Å². The van der Waals surface area contributed by atoms with Crippen molar-refractivity contribution in [3.05, 3.63) is 0 Å². The summed E-state index contributed by atoms with van der Waals surface area (Å²) >= 11 is 0. The molecule has 2 aliphatic rings. The first-order chi connectivity index (χ1) is 13.6. The van der Waals surface area contributed by atoms with E-state index in [0.717, 1.165) is 0 Å². The van der Waals surface area contributed by atoms with Gasteiger partial charge < -0.3 is 55.5 Å². The summed E-state index contributed by atoms with van der Waals surface area (Å²) in [7, 11) is 0. The highest BCUT2D eigenvalue weighted by Gasteiger charge is 2.48. The average molecular weight is 424 g/mol. The first-order valence-corrected chi connectivity index (χ1v) is 9.04. The molecule has 0 unspecified atom stereocenters. The lowest BCUT2D eigenvalue weighted by molar-refractivity contribution is -0.297. The smallest absolute Gasteiger partial charge is 0.217 e. The topological polar surface area (TPSA) is 207 Å². The van der Waals surface area contributed by atoms with E-state index in [2.05, 4.69) is 10.6 Å². The van der Waals surface area contributed by atoms with Crippen LogP contribution in [0.4, 0.5) is 0 Å². The van der Waals surface area contributed by atoms with Crippen LogP contribution in [0.3, 0.4) is 0 Å². The molecular weight excluding hydrogens is 396 g/mol. The summed E-state index contributed by atoms with van der Waals surface area (Å²) in [6.45, 7) is 1.26. The molecule has 2 aliphatic heterocycles. The van der Waals surface area contributed by atoms with E-state index in [1.807, 2.05) is 0 Å². The van der Waals surface area contributed by atoms with Crippen molar-refractivity contribution >= 4 is 11.8 Å². The molecule has 0 aliphatic carbocycles. The van der Waals surface area contributed by atoms with E-state index in [0.29, 0.717) is 0 Å². The molecule has 13 heteroatoms. The molecule has 0 aromatic rings. The van der Waals surface area contributed by atoms with Gasteiger partial charge in [0.05, 0.1) is 13.2 Å². The number of carbonyl (C=O) groups excluding carboxylic acids is 2. The van der Waals surface area contributed by atoms with Gasteiger partial charge in [-0.25, -0.2) is 0 Å². The van der Waals surface area contributed by atoms with Crippen molar-refractivity contribution in [2.75, 3.05) is 13.2 Å². The van der Waals surface area contributed by atoms with E-state index in [1.165, 1.54) is 13.8 Å². The van der Waals surface area contributed by atoms with Crippen molar-refractivity contribution in [1.82, 2.24) is 10.6 Å². The molecule has 2 fully saturated rings. The Balaban J connectivity index is 2.05. The molecule has 2 heterocycles. The molecule has 0 aromatic heterocycles. The van der Waals surface area contributed by atoms with Crippen molar-refractivity contribution in [1.29, 1.82) is 0 Å². The van der Waals surface area contributed by atoms with Crippen LogP contribution in [0.25, 0.3) is 0 Å². The SMILES string of the molecule is CC(=O)N[C@@H]1[C@@H](O)[C@H](O)[C@@H](CO[C@@H]2O[C@H](CO)[C@@H](O)[C@H](O)[C@H]2NC(C)=O)O[C@@H]1O. The van der Waals surface area contributed by atoms with Gasteiger partial charge in [-0.3, -0.25) is 9.59 Å². The number of nitrogens with one attached hydrogen (secondary N) is 2. The second kappa shape index (κ2) is 10.1. The maximum atomic E-state index is 11.4. The Labute approximate surface area is 166 Å². The summed E-state index contributed by atoms with van der Waals surface area (Å²) in [5.41, 5.74) is 0. The Morgan fingerprint density at radius 1 is 0.828 bits per heavy atom. The molecular formula is C16H28N2O11. The van der Waals surface area contributed by atoms with Crippen molar-refractivity contribution in [2.24, 2.45) is 0 Å². The fraction of sp³-hybridized carbons (Fsp3) is 0.875. The maximum Gasteiger partial charge on any atom is 0.217 e. The lowest BCUT2D eigenvalue weighted by Crippen LogP contribution is -2.66. The highest BCUT2D eigenvalue weighted by molar-refractivity contribution is 5.73. The minimum absolute atomic E-state index is 0.455. The predicted molar refractivity (Wildman–Crippen MR) is 91.8 cm³/mol. The third kappa shape index (κ3) is 5.59. The van der Waals surface area contributed by atoms with Crippen LogP contribution in [0.1, 0.15) is 13.8 Å².